The second-order valence-corrected chi connectivity index (χ2v) is 8.05. The van der Waals surface area contributed by atoms with Gasteiger partial charge in [-0.1, -0.05) is 11.8 Å². The number of carbonyl (C=O) groups is 4. The number of nitrogens with zero attached hydrogens (tertiary/aromatic N) is 1. The molecule has 0 unspecified atom stereocenters. The molecule has 0 saturated heterocycles. The molecule has 0 aliphatic heterocycles. The normalized spacial score (nSPS) is 11.7. The Balaban J connectivity index is 2.66. The number of nitro groups is 1. The van der Waals surface area contributed by atoms with Gasteiger partial charge in [0, 0.05) is 17.0 Å². The molecule has 2 amide bonds. The number of thioether (sulfide) groups is 1. The molecule has 0 heterocycles. The molecular weight excluding hydrogens is 418 g/mol. The number of alkyl carbamates (subject to hydrolysis) is 1. The third-order valence-corrected chi connectivity index (χ3v) is 4.17. The first-order chi connectivity index (χ1) is 13.9. The first kappa shape index (κ1) is 24.9. The minimum absolute atomic E-state index is 0.112. The zero-order valence-corrected chi connectivity index (χ0v) is 17.7. The van der Waals surface area contributed by atoms with Crippen molar-refractivity contribution < 1.29 is 33.6 Å². The maximum Gasteiger partial charge on any atom is 0.408 e. The number of amides is 2. The number of esters is 1. The van der Waals surface area contributed by atoms with E-state index >= 15 is 0 Å². The summed E-state index contributed by atoms with van der Waals surface area (Å²) in [5.41, 5.74) is -0.924. The van der Waals surface area contributed by atoms with E-state index < -0.39 is 52.6 Å². The fourth-order valence-corrected chi connectivity index (χ4v) is 2.67. The lowest BCUT2D eigenvalue weighted by Crippen LogP contribution is -2.50. The van der Waals surface area contributed by atoms with Crippen molar-refractivity contribution in [1.29, 1.82) is 0 Å². The van der Waals surface area contributed by atoms with Crippen LogP contribution in [-0.2, 0) is 23.9 Å². The van der Waals surface area contributed by atoms with Gasteiger partial charge in [-0.3, -0.25) is 24.5 Å². The molecule has 11 nitrogen and oxygen atoms in total. The van der Waals surface area contributed by atoms with Crippen LogP contribution in [0.1, 0.15) is 27.2 Å². The highest BCUT2D eigenvalue weighted by molar-refractivity contribution is 8.13. The second-order valence-electron chi connectivity index (χ2n) is 6.92. The van der Waals surface area contributed by atoms with Crippen molar-refractivity contribution in [2.75, 3.05) is 13.7 Å². The van der Waals surface area contributed by atoms with Gasteiger partial charge in [0.25, 0.3) is 5.69 Å². The van der Waals surface area contributed by atoms with Gasteiger partial charge >= 0.3 is 12.1 Å². The van der Waals surface area contributed by atoms with E-state index in [0.29, 0.717) is 4.90 Å². The summed E-state index contributed by atoms with van der Waals surface area (Å²) >= 11 is 0.778. The molecule has 164 valence electrons. The monoisotopic (exact) mass is 441 g/mol. The Kier molecular flexibility index (Phi) is 9.24. The van der Waals surface area contributed by atoms with E-state index in [1.807, 2.05) is 0 Å². The van der Waals surface area contributed by atoms with Crippen molar-refractivity contribution in [3.05, 3.63) is 34.4 Å². The third-order valence-electron chi connectivity index (χ3n) is 3.29. The number of nitro benzene ring substituents is 1. The van der Waals surface area contributed by atoms with Crippen LogP contribution in [0, 0.1) is 10.1 Å². The van der Waals surface area contributed by atoms with Gasteiger partial charge in [-0.25, -0.2) is 4.79 Å². The molecule has 0 spiro atoms. The largest absolute Gasteiger partial charge is 0.469 e. The fraction of sp³-hybridized carbons (Fsp3) is 0.444. The number of hydrogen-bond donors (Lipinski definition) is 2. The van der Waals surface area contributed by atoms with E-state index in [2.05, 4.69) is 15.4 Å². The summed E-state index contributed by atoms with van der Waals surface area (Å²) in [5.74, 6) is -1.51. The van der Waals surface area contributed by atoms with Crippen LogP contribution in [0.25, 0.3) is 0 Å². The van der Waals surface area contributed by atoms with Gasteiger partial charge < -0.3 is 20.1 Å². The lowest BCUT2D eigenvalue weighted by molar-refractivity contribution is -0.384. The van der Waals surface area contributed by atoms with Gasteiger partial charge in [0.15, 0.2) is 0 Å². The van der Waals surface area contributed by atoms with E-state index in [0.717, 1.165) is 18.9 Å². The smallest absolute Gasteiger partial charge is 0.408 e. The minimum atomic E-state index is -1.30. The van der Waals surface area contributed by atoms with Crippen LogP contribution < -0.4 is 10.6 Å². The SMILES string of the molecule is COC(=O)C[C@H](NC(=O)OC(C)(C)C)C(=O)NCC(=O)Sc1ccc([N+](=O)[O-])cc1. The minimum Gasteiger partial charge on any atom is -0.469 e. The molecule has 0 saturated carbocycles. The Bertz CT molecular complexity index is 805. The topological polar surface area (TPSA) is 154 Å². The van der Waals surface area contributed by atoms with Gasteiger partial charge in [0.05, 0.1) is 25.0 Å². The first-order valence-electron chi connectivity index (χ1n) is 8.70. The number of ether oxygens (including phenoxy) is 2. The molecule has 0 aromatic heterocycles. The molecule has 0 fully saturated rings. The molecule has 1 atom stereocenters. The number of rotatable bonds is 8. The lowest BCUT2D eigenvalue weighted by Gasteiger charge is -2.22. The predicted octanol–water partition coefficient (Wildman–Crippen LogP) is 1.79. The Morgan fingerprint density at radius 2 is 1.77 bits per heavy atom. The number of hydrogen-bond acceptors (Lipinski definition) is 9. The number of carbonyl (C=O) groups excluding carboxylic acids is 4. The van der Waals surface area contributed by atoms with Gasteiger partial charge in [0.1, 0.15) is 11.6 Å². The van der Waals surface area contributed by atoms with E-state index in [1.54, 1.807) is 20.8 Å². The van der Waals surface area contributed by atoms with Crippen molar-refractivity contribution >= 4 is 40.5 Å². The fourth-order valence-electron chi connectivity index (χ4n) is 2.00. The summed E-state index contributed by atoms with van der Waals surface area (Å²) in [4.78, 5) is 58.4. The Labute approximate surface area is 177 Å². The third kappa shape index (κ3) is 9.37. The Morgan fingerprint density at radius 1 is 1.17 bits per heavy atom. The van der Waals surface area contributed by atoms with Crippen LogP contribution in [0.4, 0.5) is 10.5 Å². The zero-order valence-electron chi connectivity index (χ0n) is 16.9. The van der Waals surface area contributed by atoms with Crippen molar-refractivity contribution in [3.8, 4) is 0 Å². The van der Waals surface area contributed by atoms with Crippen molar-refractivity contribution in [1.82, 2.24) is 10.6 Å². The standard InChI is InChI=1S/C18H23N3O8S/c1-18(2,3)29-17(25)20-13(9-14(22)28-4)16(24)19-10-15(23)30-12-7-5-11(6-8-12)21(26)27/h5-8,13H,9-10H2,1-4H3,(H,19,24)(H,20,25)/t13-/m0/s1. The second kappa shape index (κ2) is 11.1. The molecule has 1 aromatic carbocycles. The Morgan fingerprint density at radius 3 is 2.27 bits per heavy atom. The van der Waals surface area contributed by atoms with Gasteiger partial charge in [-0.05, 0) is 32.9 Å². The molecule has 1 aromatic rings. The van der Waals surface area contributed by atoms with Crippen LogP contribution in [0.5, 0.6) is 0 Å². The maximum atomic E-state index is 12.3. The lowest BCUT2D eigenvalue weighted by atomic mass is 10.2. The van der Waals surface area contributed by atoms with E-state index in [-0.39, 0.29) is 5.69 Å². The van der Waals surface area contributed by atoms with E-state index in [1.165, 1.54) is 24.3 Å². The average molecular weight is 441 g/mol. The van der Waals surface area contributed by atoms with Gasteiger partial charge in [0.2, 0.25) is 11.0 Å². The highest BCUT2D eigenvalue weighted by Crippen LogP contribution is 2.21. The van der Waals surface area contributed by atoms with Crippen LogP contribution in [-0.4, -0.2) is 53.3 Å². The van der Waals surface area contributed by atoms with Crippen molar-refractivity contribution in [3.63, 3.8) is 0 Å². The van der Waals surface area contributed by atoms with Crippen LogP contribution in [0.2, 0.25) is 0 Å². The summed E-state index contributed by atoms with van der Waals surface area (Å²) < 4.78 is 9.58. The predicted molar refractivity (Wildman–Crippen MR) is 107 cm³/mol. The summed E-state index contributed by atoms with van der Waals surface area (Å²) in [7, 11) is 1.13. The Hall–Kier alpha value is -3.15. The molecule has 0 aliphatic rings. The molecule has 0 bridgehead atoms. The van der Waals surface area contributed by atoms with Crippen LogP contribution >= 0.6 is 11.8 Å². The zero-order chi connectivity index (χ0) is 22.9. The molecular formula is C18H23N3O8S. The summed E-state index contributed by atoms with van der Waals surface area (Å²) in [5, 5.41) is 14.8. The highest BCUT2D eigenvalue weighted by Gasteiger charge is 2.27. The highest BCUT2D eigenvalue weighted by atomic mass is 32.2. The molecule has 1 rings (SSSR count). The molecule has 0 radical (unpaired) electrons. The molecule has 30 heavy (non-hydrogen) atoms. The summed E-state index contributed by atoms with van der Waals surface area (Å²) in [6, 6.07) is 4.03. The maximum absolute atomic E-state index is 12.3. The van der Waals surface area contributed by atoms with Crippen LogP contribution in [0.15, 0.2) is 29.2 Å². The first-order valence-corrected chi connectivity index (χ1v) is 9.52. The van der Waals surface area contributed by atoms with Crippen LogP contribution in [0.3, 0.4) is 0 Å². The quantitative estimate of drug-likeness (QED) is 0.266. The number of methoxy groups -OCH3 is 1. The molecule has 12 heteroatoms. The van der Waals surface area contributed by atoms with Crippen molar-refractivity contribution in [2.45, 2.75) is 43.7 Å². The molecule has 0 aliphatic carbocycles. The number of nitrogens with one attached hydrogen (secondary N) is 2. The van der Waals surface area contributed by atoms with E-state index in [9.17, 15) is 29.3 Å². The molecule has 2 N–H and O–H groups in total. The average Bonchev–Trinajstić information content (AvgIpc) is 2.64. The van der Waals surface area contributed by atoms with Crippen molar-refractivity contribution in [2.24, 2.45) is 0 Å². The summed E-state index contributed by atoms with van der Waals surface area (Å²) in [6.45, 7) is 4.51. The number of non-ortho nitro benzene ring substituents is 1. The van der Waals surface area contributed by atoms with Gasteiger partial charge in [-0.15, -0.1) is 0 Å². The van der Waals surface area contributed by atoms with E-state index in [4.69, 9.17) is 4.74 Å². The summed E-state index contributed by atoms with van der Waals surface area (Å²) in [6.07, 6.45) is -1.36. The number of benzene rings is 1. The van der Waals surface area contributed by atoms with Gasteiger partial charge in [-0.2, -0.15) is 0 Å².